The normalized spacial score (nSPS) is 24.0. The molecule has 2 aromatic rings. The van der Waals surface area contributed by atoms with Crippen LogP contribution in [0.4, 0.5) is 4.39 Å². The molecule has 1 saturated carbocycles. The maximum Gasteiger partial charge on any atom is 0.182 e. The maximum absolute atomic E-state index is 13.3. The van der Waals surface area contributed by atoms with E-state index in [1.807, 2.05) is 0 Å². The summed E-state index contributed by atoms with van der Waals surface area (Å²) in [5.74, 6) is -1.60. The van der Waals surface area contributed by atoms with E-state index in [-0.39, 0.29) is 4.90 Å². The van der Waals surface area contributed by atoms with Gasteiger partial charge in [0.1, 0.15) is 12.1 Å². The highest BCUT2D eigenvalue weighted by molar-refractivity contribution is 7.92. The van der Waals surface area contributed by atoms with Crippen LogP contribution in [0.25, 0.3) is 0 Å². The predicted molar refractivity (Wildman–Crippen MR) is 81.1 cm³/mol. The molecule has 0 unspecified atom stereocenters. The standard InChI is InChI=1S/C16H12ClFO3S/c17-11-4-6-13(7-5-11)22(20,21)16-14(9-19)15(16)10-2-1-3-12(18)8-10/h1-9,14-16H/t14-,15-,16+/m0/s1. The first kappa shape index (κ1) is 15.2. The van der Waals surface area contributed by atoms with Crippen LogP contribution in [-0.2, 0) is 14.6 Å². The molecule has 0 bridgehead atoms. The third kappa shape index (κ3) is 2.55. The van der Waals surface area contributed by atoms with E-state index in [2.05, 4.69) is 0 Å². The molecule has 0 saturated heterocycles. The summed E-state index contributed by atoms with van der Waals surface area (Å²) in [5, 5.41) is -0.420. The van der Waals surface area contributed by atoms with Gasteiger partial charge in [0, 0.05) is 16.9 Å². The number of aldehydes is 1. The van der Waals surface area contributed by atoms with E-state index in [9.17, 15) is 17.6 Å². The Balaban J connectivity index is 1.97. The zero-order valence-electron chi connectivity index (χ0n) is 11.3. The number of rotatable bonds is 4. The first-order chi connectivity index (χ1) is 10.4. The van der Waals surface area contributed by atoms with Gasteiger partial charge in [0.15, 0.2) is 9.84 Å². The number of carbonyl (C=O) groups is 1. The van der Waals surface area contributed by atoms with Crippen LogP contribution in [0.1, 0.15) is 11.5 Å². The van der Waals surface area contributed by atoms with Crippen molar-refractivity contribution in [1.82, 2.24) is 0 Å². The topological polar surface area (TPSA) is 51.2 Å². The summed E-state index contributed by atoms with van der Waals surface area (Å²) < 4.78 is 38.6. The lowest BCUT2D eigenvalue weighted by Crippen LogP contribution is -2.11. The van der Waals surface area contributed by atoms with Crippen molar-refractivity contribution in [3.63, 3.8) is 0 Å². The van der Waals surface area contributed by atoms with Gasteiger partial charge >= 0.3 is 0 Å². The van der Waals surface area contributed by atoms with Crippen molar-refractivity contribution >= 4 is 27.7 Å². The lowest BCUT2D eigenvalue weighted by Gasteiger charge is -2.04. The van der Waals surface area contributed by atoms with Crippen LogP contribution in [0.3, 0.4) is 0 Å². The molecule has 22 heavy (non-hydrogen) atoms. The molecule has 0 radical (unpaired) electrons. The van der Waals surface area contributed by atoms with Gasteiger partial charge in [-0.2, -0.15) is 0 Å². The molecule has 0 aliphatic heterocycles. The van der Waals surface area contributed by atoms with Crippen molar-refractivity contribution in [3.05, 3.63) is 64.9 Å². The summed E-state index contributed by atoms with van der Waals surface area (Å²) >= 11 is 5.76. The highest BCUT2D eigenvalue weighted by Crippen LogP contribution is 2.52. The zero-order chi connectivity index (χ0) is 15.9. The van der Waals surface area contributed by atoms with Gasteiger partial charge in [-0.15, -0.1) is 0 Å². The quantitative estimate of drug-likeness (QED) is 0.804. The van der Waals surface area contributed by atoms with Gasteiger partial charge in [-0.05, 0) is 42.0 Å². The van der Waals surface area contributed by atoms with E-state index in [1.165, 1.54) is 42.5 Å². The summed E-state index contributed by atoms with van der Waals surface area (Å²) in [7, 11) is -3.67. The van der Waals surface area contributed by atoms with Gasteiger partial charge in [0.05, 0.1) is 10.1 Å². The summed E-state index contributed by atoms with van der Waals surface area (Å²) in [4.78, 5) is 11.3. The molecule has 1 fully saturated rings. The second kappa shape index (κ2) is 5.48. The fraction of sp³-hybridized carbons (Fsp3) is 0.188. The molecule has 0 aromatic heterocycles. The highest BCUT2D eigenvalue weighted by Gasteiger charge is 2.59. The Kier molecular flexibility index (Phi) is 3.78. The molecule has 1 aliphatic carbocycles. The Hall–Kier alpha value is -1.72. The van der Waals surface area contributed by atoms with Crippen molar-refractivity contribution in [3.8, 4) is 0 Å². The minimum absolute atomic E-state index is 0.118. The predicted octanol–water partition coefficient (Wildman–Crippen LogP) is 3.23. The van der Waals surface area contributed by atoms with Crippen LogP contribution in [0.15, 0.2) is 53.4 Å². The Morgan fingerprint density at radius 2 is 1.77 bits per heavy atom. The molecule has 2 aromatic carbocycles. The van der Waals surface area contributed by atoms with Crippen molar-refractivity contribution in [2.75, 3.05) is 0 Å². The number of hydrogen-bond acceptors (Lipinski definition) is 3. The van der Waals surface area contributed by atoms with Gasteiger partial charge in [0.2, 0.25) is 0 Å². The molecule has 3 nitrogen and oxygen atoms in total. The average molecular weight is 339 g/mol. The van der Waals surface area contributed by atoms with Crippen LogP contribution < -0.4 is 0 Å². The molecule has 0 heterocycles. The zero-order valence-corrected chi connectivity index (χ0v) is 12.9. The number of benzene rings is 2. The Morgan fingerprint density at radius 1 is 1.09 bits per heavy atom. The van der Waals surface area contributed by atoms with Crippen molar-refractivity contribution in [2.24, 2.45) is 5.92 Å². The first-order valence-corrected chi connectivity index (χ1v) is 8.58. The molecule has 0 N–H and O–H groups in total. The summed E-state index contributed by atoms with van der Waals surface area (Å²) in [5.41, 5.74) is 0.527. The Morgan fingerprint density at radius 3 is 2.36 bits per heavy atom. The molecule has 6 heteroatoms. The van der Waals surface area contributed by atoms with Gasteiger partial charge in [0.25, 0.3) is 0 Å². The third-order valence-electron chi connectivity index (χ3n) is 3.90. The van der Waals surface area contributed by atoms with Crippen molar-refractivity contribution in [1.29, 1.82) is 0 Å². The third-order valence-corrected chi connectivity index (χ3v) is 6.40. The maximum atomic E-state index is 13.3. The van der Waals surface area contributed by atoms with E-state index >= 15 is 0 Å². The number of halogens is 2. The number of carbonyl (C=O) groups excluding carboxylic acids is 1. The van der Waals surface area contributed by atoms with Crippen LogP contribution in [0.5, 0.6) is 0 Å². The van der Waals surface area contributed by atoms with E-state index in [1.54, 1.807) is 6.07 Å². The van der Waals surface area contributed by atoms with Gasteiger partial charge in [-0.1, -0.05) is 23.7 Å². The highest BCUT2D eigenvalue weighted by atomic mass is 35.5. The van der Waals surface area contributed by atoms with Gasteiger partial charge < -0.3 is 4.79 Å². The lowest BCUT2D eigenvalue weighted by atomic mass is 10.1. The fourth-order valence-electron chi connectivity index (χ4n) is 2.77. The van der Waals surface area contributed by atoms with Crippen LogP contribution in [0.2, 0.25) is 5.02 Å². The van der Waals surface area contributed by atoms with Gasteiger partial charge in [-0.3, -0.25) is 0 Å². The number of hydrogen-bond donors (Lipinski definition) is 0. The largest absolute Gasteiger partial charge is 0.303 e. The molecule has 0 amide bonds. The lowest BCUT2D eigenvalue weighted by molar-refractivity contribution is -0.108. The monoisotopic (exact) mass is 338 g/mol. The smallest absolute Gasteiger partial charge is 0.182 e. The Bertz CT molecular complexity index is 818. The van der Waals surface area contributed by atoms with E-state index in [0.29, 0.717) is 16.9 Å². The minimum Gasteiger partial charge on any atom is -0.303 e. The molecular weight excluding hydrogens is 327 g/mol. The Labute approximate surface area is 132 Å². The molecule has 114 valence electrons. The van der Waals surface area contributed by atoms with Gasteiger partial charge in [-0.25, -0.2) is 12.8 Å². The second-order valence-corrected chi connectivity index (χ2v) is 7.80. The average Bonchev–Trinajstić information content (AvgIpc) is 3.23. The van der Waals surface area contributed by atoms with E-state index < -0.39 is 32.7 Å². The summed E-state index contributed by atoms with van der Waals surface area (Å²) in [6, 6.07) is 11.5. The molecule has 3 atom stereocenters. The van der Waals surface area contributed by atoms with Crippen molar-refractivity contribution in [2.45, 2.75) is 16.1 Å². The van der Waals surface area contributed by atoms with E-state index in [4.69, 9.17) is 11.6 Å². The van der Waals surface area contributed by atoms with Crippen LogP contribution in [-0.4, -0.2) is 20.0 Å². The summed E-state index contributed by atoms with van der Waals surface area (Å²) in [6.07, 6.45) is 0.633. The van der Waals surface area contributed by atoms with Crippen LogP contribution in [0, 0.1) is 11.7 Å². The van der Waals surface area contributed by atoms with Crippen molar-refractivity contribution < 1.29 is 17.6 Å². The summed E-state index contributed by atoms with van der Waals surface area (Å²) in [6.45, 7) is 0. The fourth-order valence-corrected chi connectivity index (χ4v) is 5.01. The van der Waals surface area contributed by atoms with Crippen LogP contribution >= 0.6 is 11.6 Å². The SMILES string of the molecule is O=C[C@H]1[C@H](c2cccc(F)c2)[C@@H]1S(=O)(=O)c1ccc(Cl)cc1. The molecule has 0 spiro atoms. The second-order valence-electron chi connectivity index (χ2n) is 5.26. The number of sulfone groups is 1. The minimum atomic E-state index is -3.67. The van der Waals surface area contributed by atoms with E-state index in [0.717, 1.165) is 0 Å². The molecule has 1 aliphatic rings. The first-order valence-electron chi connectivity index (χ1n) is 6.65. The molecular formula is C16H12ClFO3S. The molecule has 3 rings (SSSR count).